The lowest BCUT2D eigenvalue weighted by Crippen LogP contribution is -2.13. The molecule has 6 heteroatoms. The van der Waals surface area contributed by atoms with E-state index in [2.05, 4.69) is 20.3 Å². The maximum absolute atomic E-state index is 12.0. The monoisotopic (exact) mass is 217 g/mol. The zero-order valence-electron chi connectivity index (χ0n) is 8.87. The SMILES string of the molecule is CCCn1nncc1C(=O)c1ncccn1. The van der Waals surface area contributed by atoms with E-state index in [1.165, 1.54) is 18.6 Å². The second-order valence-electron chi connectivity index (χ2n) is 3.24. The Morgan fingerprint density at radius 2 is 2.12 bits per heavy atom. The van der Waals surface area contributed by atoms with Gasteiger partial charge in [-0.1, -0.05) is 12.1 Å². The summed E-state index contributed by atoms with van der Waals surface area (Å²) in [5.41, 5.74) is 0.424. The van der Waals surface area contributed by atoms with Gasteiger partial charge in [-0.25, -0.2) is 14.6 Å². The predicted octanol–water partition coefficient (Wildman–Crippen LogP) is 0.709. The number of rotatable bonds is 4. The minimum atomic E-state index is -0.251. The molecule has 2 aromatic rings. The summed E-state index contributed by atoms with van der Waals surface area (Å²) in [5.74, 6) is -0.0822. The number of carbonyl (C=O) groups is 1. The molecular weight excluding hydrogens is 206 g/mol. The highest BCUT2D eigenvalue weighted by atomic mass is 16.1. The number of aromatic nitrogens is 5. The summed E-state index contributed by atoms with van der Waals surface area (Å²) in [5, 5.41) is 7.57. The van der Waals surface area contributed by atoms with Crippen molar-refractivity contribution < 1.29 is 4.79 Å². The van der Waals surface area contributed by atoms with Crippen LogP contribution in [0.15, 0.2) is 24.7 Å². The van der Waals surface area contributed by atoms with Crippen molar-refractivity contribution in [2.24, 2.45) is 0 Å². The zero-order chi connectivity index (χ0) is 11.4. The first kappa shape index (κ1) is 10.4. The summed E-state index contributed by atoms with van der Waals surface area (Å²) >= 11 is 0. The largest absolute Gasteiger partial charge is 0.283 e. The molecule has 2 aromatic heterocycles. The molecule has 0 bridgehead atoms. The van der Waals surface area contributed by atoms with Gasteiger partial charge in [-0.3, -0.25) is 4.79 Å². The van der Waals surface area contributed by atoms with Crippen LogP contribution in [-0.4, -0.2) is 30.7 Å². The van der Waals surface area contributed by atoms with Gasteiger partial charge in [0.05, 0.1) is 6.20 Å². The lowest BCUT2D eigenvalue weighted by molar-refractivity contribution is 0.101. The molecule has 0 N–H and O–H groups in total. The quantitative estimate of drug-likeness (QED) is 0.705. The third-order valence-electron chi connectivity index (χ3n) is 2.05. The maximum Gasteiger partial charge on any atom is 0.249 e. The van der Waals surface area contributed by atoms with Crippen molar-refractivity contribution in [2.45, 2.75) is 19.9 Å². The van der Waals surface area contributed by atoms with Crippen LogP contribution in [-0.2, 0) is 6.54 Å². The van der Waals surface area contributed by atoms with Crippen molar-refractivity contribution >= 4 is 5.78 Å². The molecule has 0 saturated heterocycles. The first-order valence-corrected chi connectivity index (χ1v) is 5.03. The van der Waals surface area contributed by atoms with E-state index >= 15 is 0 Å². The predicted molar refractivity (Wildman–Crippen MR) is 55.8 cm³/mol. The minimum Gasteiger partial charge on any atom is -0.283 e. The molecule has 0 radical (unpaired) electrons. The van der Waals surface area contributed by atoms with E-state index in [0.717, 1.165) is 6.42 Å². The smallest absolute Gasteiger partial charge is 0.249 e. The van der Waals surface area contributed by atoms with Crippen LogP contribution < -0.4 is 0 Å². The Hall–Kier alpha value is -2.11. The molecule has 0 spiro atoms. The van der Waals surface area contributed by atoms with E-state index in [1.807, 2.05) is 6.92 Å². The van der Waals surface area contributed by atoms with Crippen LogP contribution in [0.5, 0.6) is 0 Å². The summed E-state index contributed by atoms with van der Waals surface area (Å²) in [4.78, 5) is 19.8. The van der Waals surface area contributed by atoms with Crippen molar-refractivity contribution in [2.75, 3.05) is 0 Å². The normalized spacial score (nSPS) is 10.3. The van der Waals surface area contributed by atoms with Gasteiger partial charge >= 0.3 is 0 Å². The Morgan fingerprint density at radius 3 is 2.81 bits per heavy atom. The third-order valence-corrected chi connectivity index (χ3v) is 2.05. The fraction of sp³-hybridized carbons (Fsp3) is 0.300. The first-order valence-electron chi connectivity index (χ1n) is 5.03. The van der Waals surface area contributed by atoms with Crippen molar-refractivity contribution in [1.82, 2.24) is 25.0 Å². The van der Waals surface area contributed by atoms with Gasteiger partial charge in [0.15, 0.2) is 0 Å². The van der Waals surface area contributed by atoms with E-state index in [-0.39, 0.29) is 11.6 Å². The van der Waals surface area contributed by atoms with Crippen LogP contribution in [0.25, 0.3) is 0 Å². The molecule has 16 heavy (non-hydrogen) atoms. The molecule has 0 aliphatic rings. The Labute approximate surface area is 92.3 Å². The molecular formula is C10H11N5O. The summed E-state index contributed by atoms with van der Waals surface area (Å²) in [7, 11) is 0. The molecule has 0 unspecified atom stereocenters. The Bertz CT molecular complexity index is 479. The molecule has 0 fully saturated rings. The highest BCUT2D eigenvalue weighted by Crippen LogP contribution is 2.04. The van der Waals surface area contributed by atoms with Gasteiger partial charge in [0.2, 0.25) is 11.6 Å². The van der Waals surface area contributed by atoms with Crippen LogP contribution >= 0.6 is 0 Å². The van der Waals surface area contributed by atoms with Crippen LogP contribution in [0, 0.1) is 0 Å². The van der Waals surface area contributed by atoms with E-state index in [9.17, 15) is 4.79 Å². The molecule has 6 nitrogen and oxygen atoms in total. The Balaban J connectivity index is 2.31. The topological polar surface area (TPSA) is 73.6 Å². The second kappa shape index (κ2) is 4.61. The molecule has 0 aliphatic heterocycles. The summed E-state index contributed by atoms with van der Waals surface area (Å²) in [6.45, 7) is 2.67. The fourth-order valence-corrected chi connectivity index (χ4v) is 1.34. The number of ketones is 1. The summed E-state index contributed by atoms with van der Waals surface area (Å²) < 4.78 is 1.57. The van der Waals surface area contributed by atoms with E-state index in [4.69, 9.17) is 0 Å². The van der Waals surface area contributed by atoms with E-state index in [0.29, 0.717) is 12.2 Å². The molecule has 0 atom stereocenters. The number of aryl methyl sites for hydroxylation is 1. The highest BCUT2D eigenvalue weighted by Gasteiger charge is 2.16. The Morgan fingerprint density at radius 1 is 1.38 bits per heavy atom. The Kier molecular flexibility index (Phi) is 3.00. The van der Waals surface area contributed by atoms with Gasteiger partial charge in [-0.05, 0) is 12.5 Å². The molecule has 82 valence electrons. The van der Waals surface area contributed by atoms with Crippen molar-refractivity contribution in [1.29, 1.82) is 0 Å². The number of carbonyl (C=O) groups excluding carboxylic acids is 1. The molecule has 0 amide bonds. The van der Waals surface area contributed by atoms with Crippen molar-refractivity contribution in [3.63, 3.8) is 0 Å². The highest BCUT2D eigenvalue weighted by molar-refractivity contribution is 6.04. The van der Waals surface area contributed by atoms with Gasteiger partial charge < -0.3 is 0 Å². The van der Waals surface area contributed by atoms with E-state index < -0.39 is 0 Å². The summed E-state index contributed by atoms with van der Waals surface area (Å²) in [6.07, 6.45) is 5.40. The average molecular weight is 217 g/mol. The first-order chi connectivity index (χ1) is 7.83. The lowest BCUT2D eigenvalue weighted by atomic mass is 10.3. The second-order valence-corrected chi connectivity index (χ2v) is 3.24. The average Bonchev–Trinajstić information content (AvgIpc) is 2.78. The zero-order valence-corrected chi connectivity index (χ0v) is 8.87. The van der Waals surface area contributed by atoms with Crippen LogP contribution in [0.3, 0.4) is 0 Å². The van der Waals surface area contributed by atoms with Crippen molar-refractivity contribution in [3.8, 4) is 0 Å². The molecule has 0 aromatic carbocycles. The lowest BCUT2D eigenvalue weighted by Gasteiger charge is -2.01. The van der Waals surface area contributed by atoms with Gasteiger partial charge in [-0.15, -0.1) is 5.10 Å². The van der Waals surface area contributed by atoms with Gasteiger partial charge in [0, 0.05) is 18.9 Å². The summed E-state index contributed by atoms with van der Waals surface area (Å²) in [6, 6.07) is 1.67. The van der Waals surface area contributed by atoms with E-state index in [1.54, 1.807) is 10.7 Å². The molecule has 2 heterocycles. The standard InChI is InChI=1S/C10H11N5O/c1-2-6-15-8(7-13-14-15)9(16)10-11-4-3-5-12-10/h3-5,7H,2,6H2,1H3. The molecule has 0 saturated carbocycles. The molecule has 2 rings (SSSR count). The van der Waals surface area contributed by atoms with Crippen LogP contribution in [0.1, 0.15) is 29.7 Å². The third kappa shape index (κ3) is 1.95. The molecule has 0 aliphatic carbocycles. The van der Waals surface area contributed by atoms with Crippen molar-refractivity contribution in [3.05, 3.63) is 36.2 Å². The van der Waals surface area contributed by atoms with Crippen LogP contribution in [0.2, 0.25) is 0 Å². The number of hydrogen-bond donors (Lipinski definition) is 0. The maximum atomic E-state index is 12.0. The van der Waals surface area contributed by atoms with Gasteiger partial charge in [-0.2, -0.15) is 0 Å². The minimum absolute atomic E-state index is 0.169. The fourth-order valence-electron chi connectivity index (χ4n) is 1.34. The van der Waals surface area contributed by atoms with Crippen LogP contribution in [0.4, 0.5) is 0 Å². The van der Waals surface area contributed by atoms with Gasteiger partial charge in [0.25, 0.3) is 0 Å². The number of hydrogen-bond acceptors (Lipinski definition) is 5. The van der Waals surface area contributed by atoms with Gasteiger partial charge in [0.1, 0.15) is 5.69 Å². The number of nitrogens with zero attached hydrogens (tertiary/aromatic N) is 5.